The molecule has 1 aliphatic rings. The number of carboxylic acids is 2. The van der Waals surface area contributed by atoms with Crippen molar-refractivity contribution in [2.24, 2.45) is 11.1 Å². The molecule has 1 aliphatic carbocycles. The second-order valence-electron chi connectivity index (χ2n) is 5.25. The van der Waals surface area contributed by atoms with Gasteiger partial charge in [-0.25, -0.2) is 14.4 Å². The third-order valence-corrected chi connectivity index (χ3v) is 3.10. The van der Waals surface area contributed by atoms with E-state index in [-0.39, 0.29) is 12.0 Å². The molecule has 0 aliphatic heterocycles. The van der Waals surface area contributed by atoms with Crippen molar-refractivity contribution < 1.29 is 39.2 Å². The molecule has 1 atom stereocenters. The molecule has 1 aromatic rings. The zero-order valence-corrected chi connectivity index (χ0v) is 14.9. The maximum Gasteiger partial charge on any atom is 0.409 e. The number of hydrogen-bond acceptors (Lipinski definition) is 5. The summed E-state index contributed by atoms with van der Waals surface area (Å²) in [5, 5.41) is 24.7. The Kier molecular flexibility index (Phi) is 9.92. The van der Waals surface area contributed by atoms with Crippen molar-refractivity contribution in [3.63, 3.8) is 0 Å². The maximum absolute atomic E-state index is 10.8. The SMILES string of the molecule is CC1(C(=O)O)C=CC=C(C(=O)O)C1.NC(=O)O.O=C(Cl)Oc1ccccc1. The molecule has 0 radical (unpaired) electrons. The largest absolute Gasteiger partial charge is 0.481 e. The smallest absolute Gasteiger partial charge is 0.409 e. The molecule has 1 aromatic carbocycles. The molecular formula is C17H18ClNO8. The summed E-state index contributed by atoms with van der Waals surface area (Å²) in [5.41, 5.74) is 2.27. The lowest BCUT2D eigenvalue weighted by Gasteiger charge is -2.23. The average Bonchev–Trinajstić information content (AvgIpc) is 2.55. The lowest BCUT2D eigenvalue weighted by Crippen LogP contribution is -2.28. The summed E-state index contributed by atoms with van der Waals surface area (Å²) < 4.78 is 4.54. The molecule has 0 fully saturated rings. The summed E-state index contributed by atoms with van der Waals surface area (Å²) in [6, 6.07) is 8.65. The average molecular weight is 400 g/mol. The van der Waals surface area contributed by atoms with Gasteiger partial charge in [0.2, 0.25) is 0 Å². The summed E-state index contributed by atoms with van der Waals surface area (Å²) >= 11 is 4.95. The number of ether oxygens (including phenoxy) is 1. The minimum absolute atomic E-state index is 0.0359. The number of hydrogen-bond donors (Lipinski definition) is 4. The second kappa shape index (κ2) is 11.3. The number of nitrogens with two attached hydrogens (primary N) is 1. The number of para-hydroxylation sites is 1. The van der Waals surface area contributed by atoms with Crippen LogP contribution in [0.4, 0.5) is 9.59 Å². The summed E-state index contributed by atoms with van der Waals surface area (Å²) in [4.78, 5) is 40.3. The topological polar surface area (TPSA) is 164 Å². The quantitative estimate of drug-likeness (QED) is 0.563. The van der Waals surface area contributed by atoms with Crippen molar-refractivity contribution in [3.8, 4) is 5.75 Å². The van der Waals surface area contributed by atoms with Gasteiger partial charge in [-0.05, 0) is 25.5 Å². The normalized spacial score (nSPS) is 17.0. The van der Waals surface area contributed by atoms with Crippen LogP contribution in [-0.2, 0) is 9.59 Å². The Hall–Kier alpha value is -3.33. The summed E-state index contributed by atoms with van der Waals surface area (Å²) in [6.07, 6.45) is 3.10. The molecule has 27 heavy (non-hydrogen) atoms. The number of carbonyl (C=O) groups is 4. The number of rotatable bonds is 3. The van der Waals surface area contributed by atoms with Crippen LogP contribution in [0.15, 0.2) is 54.1 Å². The summed E-state index contributed by atoms with van der Waals surface area (Å²) in [7, 11) is 0. The Bertz CT molecular complexity index is 741. The van der Waals surface area contributed by atoms with Crippen molar-refractivity contribution in [2.45, 2.75) is 13.3 Å². The van der Waals surface area contributed by atoms with Crippen LogP contribution < -0.4 is 10.5 Å². The predicted octanol–water partition coefficient (Wildman–Crippen LogP) is 3.10. The van der Waals surface area contributed by atoms with Crippen molar-refractivity contribution in [1.29, 1.82) is 0 Å². The number of carbonyl (C=O) groups excluding carboxylic acids is 1. The van der Waals surface area contributed by atoms with Gasteiger partial charge >= 0.3 is 23.5 Å². The van der Waals surface area contributed by atoms with Crippen LogP contribution in [0, 0.1) is 5.41 Å². The molecule has 0 saturated heterocycles. The number of benzene rings is 1. The van der Waals surface area contributed by atoms with E-state index in [1.807, 2.05) is 6.07 Å². The van der Waals surface area contributed by atoms with Gasteiger partial charge in [-0.1, -0.05) is 36.4 Å². The highest BCUT2D eigenvalue weighted by molar-refractivity contribution is 6.61. The van der Waals surface area contributed by atoms with Gasteiger partial charge in [-0.3, -0.25) is 4.79 Å². The molecule has 0 spiro atoms. The molecule has 1 unspecified atom stereocenters. The van der Waals surface area contributed by atoms with Crippen molar-refractivity contribution in [3.05, 3.63) is 54.1 Å². The molecule has 9 nitrogen and oxygen atoms in total. The standard InChI is InChI=1S/C9H10O4.C7H5ClO2.CH3NO2/c1-9(8(12)13)4-2-3-6(5-9)7(10)11;8-7(9)10-6-4-2-1-3-5-6;2-1(3)4/h2-4H,5H2,1H3,(H,10,11)(H,12,13);1-5H;2H2,(H,3,4). The van der Waals surface area contributed by atoms with E-state index in [1.54, 1.807) is 24.3 Å². The summed E-state index contributed by atoms with van der Waals surface area (Å²) in [5.74, 6) is -1.60. The molecule has 1 amide bonds. The Morgan fingerprint density at radius 2 is 1.63 bits per heavy atom. The first-order chi connectivity index (χ1) is 12.5. The second-order valence-corrected chi connectivity index (χ2v) is 5.56. The van der Waals surface area contributed by atoms with Gasteiger partial charge in [0.05, 0.1) is 5.41 Å². The third-order valence-electron chi connectivity index (χ3n) is 3.02. The van der Waals surface area contributed by atoms with Crippen molar-refractivity contribution >= 4 is 35.1 Å². The Morgan fingerprint density at radius 3 is 2.04 bits per heavy atom. The van der Waals surface area contributed by atoms with Gasteiger partial charge < -0.3 is 25.8 Å². The molecule has 0 bridgehead atoms. The maximum atomic E-state index is 10.8. The first-order valence-corrected chi connectivity index (χ1v) is 7.61. The number of carboxylic acid groups (broad SMARTS) is 3. The van der Waals surface area contributed by atoms with E-state index in [1.165, 1.54) is 25.2 Å². The van der Waals surface area contributed by atoms with Crippen LogP contribution in [0.25, 0.3) is 0 Å². The number of allylic oxidation sites excluding steroid dienone is 2. The molecule has 0 aromatic heterocycles. The molecule has 10 heteroatoms. The minimum Gasteiger partial charge on any atom is -0.481 e. The van der Waals surface area contributed by atoms with E-state index >= 15 is 0 Å². The summed E-state index contributed by atoms with van der Waals surface area (Å²) in [6.45, 7) is 1.50. The van der Waals surface area contributed by atoms with E-state index in [4.69, 9.17) is 31.7 Å². The first kappa shape index (κ1) is 23.7. The predicted molar refractivity (Wildman–Crippen MR) is 95.7 cm³/mol. The monoisotopic (exact) mass is 399 g/mol. The fraction of sp³-hybridized carbons (Fsp3) is 0.176. The molecular weight excluding hydrogens is 382 g/mol. The fourth-order valence-corrected chi connectivity index (χ4v) is 1.85. The van der Waals surface area contributed by atoms with Crippen molar-refractivity contribution in [1.82, 2.24) is 0 Å². The number of halogens is 1. The van der Waals surface area contributed by atoms with Crippen LogP contribution in [0.3, 0.4) is 0 Å². The van der Waals surface area contributed by atoms with Gasteiger partial charge in [0.15, 0.2) is 0 Å². The van der Waals surface area contributed by atoms with Gasteiger partial charge in [0.1, 0.15) is 5.75 Å². The van der Waals surface area contributed by atoms with Crippen molar-refractivity contribution in [2.75, 3.05) is 0 Å². The highest BCUT2D eigenvalue weighted by atomic mass is 35.5. The molecule has 5 N–H and O–H groups in total. The number of amides is 1. The Labute approximate surface area is 159 Å². The van der Waals surface area contributed by atoms with E-state index in [0.717, 1.165) is 0 Å². The number of primary amides is 1. The Balaban J connectivity index is 0.000000428. The zero-order chi connectivity index (χ0) is 21.0. The van der Waals surface area contributed by atoms with Crippen LogP contribution in [0.5, 0.6) is 5.75 Å². The molecule has 0 saturated carbocycles. The van der Waals surface area contributed by atoms with Crippen LogP contribution in [0.1, 0.15) is 13.3 Å². The van der Waals surface area contributed by atoms with Crippen LogP contribution in [0.2, 0.25) is 0 Å². The minimum atomic E-state index is -1.33. The number of aliphatic carboxylic acids is 2. The van der Waals surface area contributed by atoms with Gasteiger partial charge in [-0.2, -0.15) is 0 Å². The van der Waals surface area contributed by atoms with Gasteiger partial charge in [0.25, 0.3) is 0 Å². The van der Waals surface area contributed by atoms with E-state index in [0.29, 0.717) is 5.75 Å². The van der Waals surface area contributed by atoms with Gasteiger partial charge in [-0.15, -0.1) is 0 Å². The van der Waals surface area contributed by atoms with E-state index < -0.39 is 28.9 Å². The zero-order valence-electron chi connectivity index (χ0n) is 14.2. The van der Waals surface area contributed by atoms with Crippen LogP contribution in [-0.4, -0.2) is 38.8 Å². The highest BCUT2D eigenvalue weighted by Gasteiger charge is 2.34. The lowest BCUT2D eigenvalue weighted by molar-refractivity contribution is -0.145. The first-order valence-electron chi connectivity index (χ1n) is 7.24. The van der Waals surface area contributed by atoms with Gasteiger partial charge in [0, 0.05) is 17.2 Å². The molecule has 146 valence electrons. The lowest BCUT2D eigenvalue weighted by atomic mass is 9.80. The van der Waals surface area contributed by atoms with Crippen LogP contribution >= 0.6 is 11.6 Å². The molecule has 0 heterocycles. The molecule has 2 rings (SSSR count). The Morgan fingerprint density at radius 1 is 1.11 bits per heavy atom. The van der Waals surface area contributed by atoms with E-state index in [9.17, 15) is 14.4 Å². The van der Waals surface area contributed by atoms with E-state index in [2.05, 4.69) is 10.5 Å². The fourth-order valence-electron chi connectivity index (χ4n) is 1.77. The highest BCUT2D eigenvalue weighted by Crippen LogP contribution is 2.31. The third kappa shape index (κ3) is 10.3.